The van der Waals surface area contributed by atoms with Crippen LogP contribution in [0.4, 0.5) is 5.95 Å². The van der Waals surface area contributed by atoms with E-state index in [1.54, 1.807) is 4.68 Å². The van der Waals surface area contributed by atoms with Crippen LogP contribution < -0.4 is 5.32 Å². The summed E-state index contributed by atoms with van der Waals surface area (Å²) in [5, 5.41) is 14.6. The van der Waals surface area contributed by atoms with E-state index in [9.17, 15) is 0 Å². The average Bonchev–Trinajstić information content (AvgIpc) is 2.96. The number of aromatic nitrogens is 4. The molecule has 0 radical (unpaired) electrons. The van der Waals surface area contributed by atoms with Crippen LogP contribution in [0.25, 0.3) is 0 Å². The van der Waals surface area contributed by atoms with E-state index in [1.807, 2.05) is 7.05 Å². The molecule has 2 heterocycles. The molecule has 1 aliphatic carbocycles. The molecular weight excluding hydrogens is 210 g/mol. The highest BCUT2D eigenvalue weighted by Gasteiger charge is 2.44. The number of aryl methyl sites for hydroxylation is 1. The standard InChI is InChI=1S/C9H15N5O2/c1-14-8(11-12-13-14)10-7-2-3-9(6-7)15-4-5-16-9/h7H,2-6H2,1H3,(H,10,11,13). The molecule has 1 atom stereocenters. The summed E-state index contributed by atoms with van der Waals surface area (Å²) < 4.78 is 12.9. The van der Waals surface area contributed by atoms with Gasteiger partial charge in [-0.15, -0.1) is 0 Å². The summed E-state index contributed by atoms with van der Waals surface area (Å²) in [6, 6.07) is 0.322. The summed E-state index contributed by atoms with van der Waals surface area (Å²) >= 11 is 0. The van der Waals surface area contributed by atoms with Crippen molar-refractivity contribution >= 4 is 5.95 Å². The predicted molar refractivity (Wildman–Crippen MR) is 54.7 cm³/mol. The maximum absolute atomic E-state index is 5.66. The van der Waals surface area contributed by atoms with E-state index in [4.69, 9.17) is 9.47 Å². The Morgan fingerprint density at radius 3 is 2.94 bits per heavy atom. The number of hydrogen-bond donors (Lipinski definition) is 1. The minimum Gasteiger partial charge on any atom is -0.350 e. The fourth-order valence-corrected chi connectivity index (χ4v) is 2.39. The zero-order valence-corrected chi connectivity index (χ0v) is 9.22. The summed E-state index contributed by atoms with van der Waals surface area (Å²) in [5.41, 5.74) is 0. The van der Waals surface area contributed by atoms with E-state index in [1.165, 1.54) is 0 Å². The molecule has 3 rings (SSSR count). The summed E-state index contributed by atoms with van der Waals surface area (Å²) in [7, 11) is 1.82. The van der Waals surface area contributed by atoms with Gasteiger partial charge >= 0.3 is 0 Å². The molecule has 7 heteroatoms. The molecule has 2 aliphatic rings. The second-order valence-electron chi connectivity index (χ2n) is 4.32. The van der Waals surface area contributed by atoms with Gasteiger partial charge in [0.1, 0.15) is 0 Å². The van der Waals surface area contributed by atoms with Crippen LogP contribution in [0.15, 0.2) is 0 Å². The second kappa shape index (κ2) is 3.67. The molecule has 7 nitrogen and oxygen atoms in total. The highest BCUT2D eigenvalue weighted by atomic mass is 16.7. The molecule has 1 aliphatic heterocycles. The largest absolute Gasteiger partial charge is 0.350 e. The molecule has 1 saturated heterocycles. The Hall–Kier alpha value is -1.21. The lowest BCUT2D eigenvalue weighted by atomic mass is 10.2. The van der Waals surface area contributed by atoms with Gasteiger partial charge in [0.15, 0.2) is 5.79 Å². The molecular formula is C9H15N5O2. The van der Waals surface area contributed by atoms with Gasteiger partial charge in [-0.1, -0.05) is 5.10 Å². The molecule has 1 spiro atoms. The number of hydrogen-bond acceptors (Lipinski definition) is 6. The molecule has 0 bridgehead atoms. The molecule has 1 unspecified atom stereocenters. The number of nitrogens with one attached hydrogen (secondary N) is 1. The topological polar surface area (TPSA) is 74.1 Å². The Labute approximate surface area is 93.1 Å². The predicted octanol–water partition coefficient (Wildman–Crippen LogP) is -0.0824. The van der Waals surface area contributed by atoms with Gasteiger partial charge < -0.3 is 14.8 Å². The monoisotopic (exact) mass is 225 g/mol. The quantitative estimate of drug-likeness (QED) is 0.758. The molecule has 1 saturated carbocycles. The lowest BCUT2D eigenvalue weighted by Gasteiger charge is -2.21. The third-order valence-electron chi connectivity index (χ3n) is 3.20. The van der Waals surface area contributed by atoms with Gasteiger partial charge in [-0.25, -0.2) is 4.68 Å². The van der Waals surface area contributed by atoms with Crippen molar-refractivity contribution in [3.63, 3.8) is 0 Å². The maximum atomic E-state index is 5.66. The van der Waals surface area contributed by atoms with Crippen molar-refractivity contribution in [1.29, 1.82) is 0 Å². The number of ether oxygens (including phenoxy) is 2. The first-order valence-electron chi connectivity index (χ1n) is 5.54. The van der Waals surface area contributed by atoms with Crippen molar-refractivity contribution in [3.05, 3.63) is 0 Å². The highest BCUT2D eigenvalue weighted by Crippen LogP contribution is 2.38. The molecule has 16 heavy (non-hydrogen) atoms. The van der Waals surface area contributed by atoms with Crippen molar-refractivity contribution in [3.8, 4) is 0 Å². The normalized spacial score (nSPS) is 27.7. The number of nitrogens with zero attached hydrogens (tertiary/aromatic N) is 4. The van der Waals surface area contributed by atoms with Crippen molar-refractivity contribution in [2.45, 2.75) is 31.1 Å². The molecule has 1 N–H and O–H groups in total. The zero-order chi connectivity index (χ0) is 11.0. The van der Waals surface area contributed by atoms with Gasteiger partial charge in [0, 0.05) is 25.9 Å². The second-order valence-corrected chi connectivity index (χ2v) is 4.32. The Morgan fingerprint density at radius 1 is 1.44 bits per heavy atom. The smallest absolute Gasteiger partial charge is 0.242 e. The fraction of sp³-hybridized carbons (Fsp3) is 0.889. The molecule has 1 aromatic rings. The summed E-state index contributed by atoms with van der Waals surface area (Å²) in [6.45, 7) is 1.41. The van der Waals surface area contributed by atoms with Crippen LogP contribution in [0.1, 0.15) is 19.3 Å². The maximum Gasteiger partial charge on any atom is 0.242 e. The minimum absolute atomic E-state index is 0.322. The lowest BCUT2D eigenvalue weighted by molar-refractivity contribution is -0.150. The van der Waals surface area contributed by atoms with Crippen LogP contribution in [-0.4, -0.2) is 45.2 Å². The first-order chi connectivity index (χ1) is 7.77. The van der Waals surface area contributed by atoms with Gasteiger partial charge in [-0.05, 0) is 16.8 Å². The van der Waals surface area contributed by atoms with Gasteiger partial charge in [-0.2, -0.15) is 0 Å². The summed E-state index contributed by atoms with van der Waals surface area (Å²) in [4.78, 5) is 0. The van der Waals surface area contributed by atoms with Crippen molar-refractivity contribution < 1.29 is 9.47 Å². The van der Waals surface area contributed by atoms with Crippen LogP contribution in [0, 0.1) is 0 Å². The molecule has 1 aromatic heterocycles. The van der Waals surface area contributed by atoms with Crippen molar-refractivity contribution in [2.75, 3.05) is 18.5 Å². The van der Waals surface area contributed by atoms with Crippen LogP contribution in [0.5, 0.6) is 0 Å². The number of tetrazole rings is 1. The Kier molecular flexibility index (Phi) is 2.29. The van der Waals surface area contributed by atoms with Gasteiger partial charge in [-0.3, -0.25) is 0 Å². The Balaban J connectivity index is 1.64. The van der Waals surface area contributed by atoms with E-state index >= 15 is 0 Å². The fourth-order valence-electron chi connectivity index (χ4n) is 2.39. The van der Waals surface area contributed by atoms with Crippen LogP contribution in [0.2, 0.25) is 0 Å². The van der Waals surface area contributed by atoms with Gasteiger partial charge in [0.25, 0.3) is 0 Å². The van der Waals surface area contributed by atoms with E-state index in [-0.39, 0.29) is 5.79 Å². The molecule has 0 amide bonds. The number of anilines is 1. The highest BCUT2D eigenvalue weighted by molar-refractivity contribution is 5.24. The first kappa shape index (κ1) is 9.98. The Morgan fingerprint density at radius 2 is 2.25 bits per heavy atom. The summed E-state index contributed by atoms with van der Waals surface area (Å²) in [6.07, 6.45) is 2.82. The molecule has 0 aromatic carbocycles. The average molecular weight is 225 g/mol. The first-order valence-corrected chi connectivity index (χ1v) is 5.54. The van der Waals surface area contributed by atoms with E-state index in [0.29, 0.717) is 25.2 Å². The van der Waals surface area contributed by atoms with Crippen molar-refractivity contribution in [1.82, 2.24) is 20.2 Å². The molecule has 2 fully saturated rings. The van der Waals surface area contributed by atoms with Gasteiger partial charge in [0.2, 0.25) is 5.95 Å². The van der Waals surface area contributed by atoms with Crippen LogP contribution in [-0.2, 0) is 16.5 Å². The lowest BCUT2D eigenvalue weighted by Crippen LogP contribution is -2.29. The SMILES string of the molecule is Cn1nnnc1NC1CCC2(C1)OCCO2. The third-order valence-corrected chi connectivity index (χ3v) is 3.20. The van der Waals surface area contributed by atoms with E-state index in [2.05, 4.69) is 20.8 Å². The van der Waals surface area contributed by atoms with Gasteiger partial charge in [0.05, 0.1) is 13.2 Å². The zero-order valence-electron chi connectivity index (χ0n) is 9.22. The summed E-state index contributed by atoms with van der Waals surface area (Å²) in [5.74, 6) is 0.351. The van der Waals surface area contributed by atoms with Crippen molar-refractivity contribution in [2.24, 2.45) is 7.05 Å². The Bertz CT molecular complexity index is 374. The van der Waals surface area contributed by atoms with E-state index < -0.39 is 0 Å². The number of rotatable bonds is 2. The third kappa shape index (κ3) is 1.65. The minimum atomic E-state index is -0.344. The van der Waals surface area contributed by atoms with E-state index in [0.717, 1.165) is 19.3 Å². The molecule has 88 valence electrons. The van der Waals surface area contributed by atoms with Crippen LogP contribution >= 0.6 is 0 Å². The van der Waals surface area contributed by atoms with Crippen LogP contribution in [0.3, 0.4) is 0 Å².